The van der Waals surface area contributed by atoms with E-state index in [0.29, 0.717) is 40.1 Å². The Morgan fingerprint density at radius 2 is 2.03 bits per heavy atom. The summed E-state index contributed by atoms with van der Waals surface area (Å²) in [7, 11) is -2.76. The summed E-state index contributed by atoms with van der Waals surface area (Å²) < 4.78 is 25.8. The zero-order chi connectivity index (χ0) is 21.3. The zero-order valence-corrected chi connectivity index (χ0v) is 17.2. The molecule has 0 aliphatic heterocycles. The van der Waals surface area contributed by atoms with Gasteiger partial charge < -0.3 is 11.1 Å². The summed E-state index contributed by atoms with van der Waals surface area (Å²) in [6.45, 7) is 1.74. The molecule has 4 N–H and O–H groups in total. The number of aryl methyl sites for hydroxylation is 1. The molecule has 30 heavy (non-hydrogen) atoms. The van der Waals surface area contributed by atoms with Crippen molar-refractivity contribution >= 4 is 45.6 Å². The molecule has 0 fully saturated rings. The maximum atomic E-state index is 10.8. The van der Waals surface area contributed by atoms with Crippen molar-refractivity contribution in [1.82, 2.24) is 34.0 Å². The third-order valence-corrected chi connectivity index (χ3v) is 4.84. The fourth-order valence-electron chi connectivity index (χ4n) is 2.88. The first-order valence-electron chi connectivity index (χ1n) is 8.65. The minimum Gasteiger partial charge on any atom is -0.368 e. The molecule has 11 nitrogen and oxygen atoms in total. The SMILES string of the molecule is Cc1nc(N)nc(-c2c(Nc3cnc(Cl)c(CN[SH](=O)=O)c3)nc3ccccn23)n1. The summed E-state index contributed by atoms with van der Waals surface area (Å²) in [5.74, 6) is 1.39. The first-order chi connectivity index (χ1) is 14.4. The molecule has 0 spiro atoms. The van der Waals surface area contributed by atoms with Crippen LogP contribution in [0.3, 0.4) is 0 Å². The average molecular weight is 446 g/mol. The number of hydrogen-bond donors (Lipinski definition) is 4. The molecular weight excluding hydrogens is 430 g/mol. The Bertz CT molecular complexity index is 1290. The van der Waals surface area contributed by atoms with Gasteiger partial charge in [-0.1, -0.05) is 17.7 Å². The molecule has 4 aromatic rings. The van der Waals surface area contributed by atoms with Crippen molar-refractivity contribution in [3.8, 4) is 11.5 Å². The van der Waals surface area contributed by atoms with Crippen LogP contribution < -0.4 is 15.8 Å². The van der Waals surface area contributed by atoms with Gasteiger partial charge in [0, 0.05) is 18.3 Å². The van der Waals surface area contributed by atoms with Crippen molar-refractivity contribution in [3.63, 3.8) is 0 Å². The lowest BCUT2D eigenvalue weighted by Gasteiger charge is -2.09. The van der Waals surface area contributed by atoms with Crippen LogP contribution in [0, 0.1) is 6.92 Å². The number of imidazole rings is 1. The molecule has 0 saturated carbocycles. The second-order valence-corrected chi connectivity index (χ2v) is 7.38. The summed E-state index contributed by atoms with van der Waals surface area (Å²) in [6.07, 6.45) is 3.35. The monoisotopic (exact) mass is 445 g/mol. The summed E-state index contributed by atoms with van der Waals surface area (Å²) in [5, 5.41) is 3.38. The number of thiol groups is 1. The summed E-state index contributed by atoms with van der Waals surface area (Å²) in [4.78, 5) is 21.4. The van der Waals surface area contributed by atoms with Gasteiger partial charge in [0.25, 0.3) is 0 Å². The van der Waals surface area contributed by atoms with Crippen molar-refractivity contribution in [2.45, 2.75) is 13.5 Å². The van der Waals surface area contributed by atoms with Crippen molar-refractivity contribution in [2.24, 2.45) is 0 Å². The molecule has 0 radical (unpaired) electrons. The molecule has 4 aromatic heterocycles. The maximum Gasteiger partial charge on any atom is 0.223 e. The van der Waals surface area contributed by atoms with Gasteiger partial charge in [-0.15, -0.1) is 0 Å². The van der Waals surface area contributed by atoms with Crippen LogP contribution in [-0.2, 0) is 17.4 Å². The molecule has 4 rings (SSSR count). The normalized spacial score (nSPS) is 11.3. The van der Waals surface area contributed by atoms with E-state index in [1.54, 1.807) is 13.0 Å². The fourth-order valence-corrected chi connectivity index (χ4v) is 3.35. The van der Waals surface area contributed by atoms with E-state index in [2.05, 4.69) is 35.0 Å². The second kappa shape index (κ2) is 8.18. The van der Waals surface area contributed by atoms with Crippen molar-refractivity contribution in [3.05, 3.63) is 53.2 Å². The molecule has 154 valence electrons. The highest BCUT2D eigenvalue weighted by Gasteiger charge is 2.18. The Morgan fingerprint density at radius 1 is 1.20 bits per heavy atom. The molecule has 0 amide bonds. The van der Waals surface area contributed by atoms with Crippen LogP contribution in [0.25, 0.3) is 17.2 Å². The third kappa shape index (κ3) is 4.15. The van der Waals surface area contributed by atoms with Crippen LogP contribution in [0.4, 0.5) is 17.5 Å². The Morgan fingerprint density at radius 3 is 2.80 bits per heavy atom. The number of fused-ring (bicyclic) bond motifs is 1. The van der Waals surface area contributed by atoms with Crippen LogP contribution in [0.5, 0.6) is 0 Å². The van der Waals surface area contributed by atoms with Gasteiger partial charge in [-0.05, 0) is 25.1 Å². The Hall–Kier alpha value is -3.35. The van der Waals surface area contributed by atoms with Gasteiger partial charge in [-0.2, -0.15) is 9.97 Å². The predicted octanol–water partition coefficient (Wildman–Crippen LogP) is 1.48. The number of rotatable bonds is 6. The summed E-state index contributed by atoms with van der Waals surface area (Å²) in [6, 6.07) is 7.24. The van der Waals surface area contributed by atoms with Gasteiger partial charge >= 0.3 is 0 Å². The zero-order valence-electron chi connectivity index (χ0n) is 15.6. The van der Waals surface area contributed by atoms with Crippen LogP contribution >= 0.6 is 11.6 Å². The van der Waals surface area contributed by atoms with Gasteiger partial charge in [0.1, 0.15) is 22.3 Å². The third-order valence-electron chi connectivity index (χ3n) is 4.08. The molecule has 0 atom stereocenters. The average Bonchev–Trinajstić information content (AvgIpc) is 3.05. The molecule has 0 aromatic carbocycles. The van der Waals surface area contributed by atoms with Gasteiger partial charge in [-0.25, -0.2) is 28.1 Å². The van der Waals surface area contributed by atoms with Crippen molar-refractivity contribution in [1.29, 1.82) is 0 Å². The minimum atomic E-state index is -2.76. The van der Waals surface area contributed by atoms with Gasteiger partial charge in [0.15, 0.2) is 11.6 Å². The smallest absolute Gasteiger partial charge is 0.223 e. The number of pyridine rings is 2. The van der Waals surface area contributed by atoms with Crippen LogP contribution in [0.1, 0.15) is 11.4 Å². The number of nitrogen functional groups attached to an aromatic ring is 1. The van der Waals surface area contributed by atoms with Gasteiger partial charge in [0.05, 0.1) is 11.9 Å². The number of hydrogen-bond acceptors (Lipinski definition) is 9. The largest absolute Gasteiger partial charge is 0.368 e. The first-order valence-corrected chi connectivity index (χ1v) is 10.2. The topological polar surface area (TPSA) is 153 Å². The fraction of sp³-hybridized carbons (Fsp3) is 0.118. The lowest BCUT2D eigenvalue weighted by atomic mass is 10.2. The number of nitrogens with one attached hydrogen (secondary N) is 2. The standard InChI is InChI=1S/C17H16ClN9O2S/c1-9-22-15(26-17(19)23-9)13-16(25-12-4-2-3-5-27(12)13)24-11-6-10(7-21-30(28)29)14(18)20-8-11/h2-6,8,24,30H,7H2,1H3,(H,21,28,29)(H2,19,22,23,26). The molecule has 0 aliphatic carbocycles. The Labute approximate surface area is 177 Å². The highest BCUT2D eigenvalue weighted by molar-refractivity contribution is 7.70. The Kier molecular flexibility index (Phi) is 5.44. The lowest BCUT2D eigenvalue weighted by molar-refractivity contribution is 0.601. The molecule has 0 bridgehead atoms. The van der Waals surface area contributed by atoms with Crippen molar-refractivity contribution < 1.29 is 8.42 Å². The molecule has 13 heteroatoms. The van der Waals surface area contributed by atoms with E-state index in [1.807, 2.05) is 28.8 Å². The van der Waals surface area contributed by atoms with Gasteiger partial charge in [0.2, 0.25) is 16.8 Å². The second-order valence-electron chi connectivity index (χ2n) is 6.19. The number of halogens is 1. The highest BCUT2D eigenvalue weighted by Crippen LogP contribution is 2.30. The van der Waals surface area contributed by atoms with Crippen LogP contribution in [0.2, 0.25) is 5.15 Å². The van der Waals surface area contributed by atoms with E-state index in [1.165, 1.54) is 6.20 Å². The van der Waals surface area contributed by atoms with E-state index >= 15 is 0 Å². The van der Waals surface area contributed by atoms with E-state index in [-0.39, 0.29) is 17.6 Å². The van der Waals surface area contributed by atoms with Crippen molar-refractivity contribution in [2.75, 3.05) is 11.1 Å². The molecule has 0 unspecified atom stereocenters. The number of nitrogens with two attached hydrogens (primary N) is 1. The van der Waals surface area contributed by atoms with Gasteiger partial charge in [-0.3, -0.25) is 4.40 Å². The Balaban J connectivity index is 1.79. The first kappa shape index (κ1) is 19.9. The van der Waals surface area contributed by atoms with E-state index in [4.69, 9.17) is 17.3 Å². The highest BCUT2D eigenvalue weighted by atomic mass is 35.5. The predicted molar refractivity (Wildman–Crippen MR) is 113 cm³/mol. The number of aromatic nitrogens is 6. The molecule has 4 heterocycles. The number of nitrogens with zero attached hydrogens (tertiary/aromatic N) is 6. The molecule has 0 saturated heterocycles. The quantitative estimate of drug-likeness (QED) is 0.255. The van der Waals surface area contributed by atoms with E-state index in [9.17, 15) is 8.42 Å². The summed E-state index contributed by atoms with van der Waals surface area (Å²) in [5.41, 5.74) is 8.12. The van der Waals surface area contributed by atoms with E-state index < -0.39 is 10.9 Å². The molecular formula is C17H16ClN9O2S. The minimum absolute atomic E-state index is 0.0152. The summed E-state index contributed by atoms with van der Waals surface area (Å²) >= 11 is 6.07. The van der Waals surface area contributed by atoms with E-state index in [0.717, 1.165) is 0 Å². The number of anilines is 3. The van der Waals surface area contributed by atoms with Crippen LogP contribution in [0.15, 0.2) is 36.7 Å². The lowest BCUT2D eigenvalue weighted by Crippen LogP contribution is -2.11. The maximum absolute atomic E-state index is 10.8. The molecule has 0 aliphatic rings. The van der Waals surface area contributed by atoms with Crippen LogP contribution in [-0.4, -0.2) is 37.7 Å².